The van der Waals surface area contributed by atoms with E-state index in [4.69, 9.17) is 4.74 Å². The number of benzene rings is 2. The molecule has 1 amide bonds. The minimum atomic E-state index is -0.515. The van der Waals surface area contributed by atoms with Gasteiger partial charge in [-0.1, -0.05) is 48.0 Å². The average Bonchev–Trinajstić information content (AvgIpc) is 3.07. The molecular weight excluding hydrogens is 372 g/mol. The molecule has 0 aliphatic heterocycles. The van der Waals surface area contributed by atoms with E-state index in [1.54, 1.807) is 19.1 Å². The first kappa shape index (κ1) is 19.3. The molecule has 0 atom stereocenters. The topological polar surface area (TPSA) is 79.2 Å². The quantitative estimate of drug-likeness (QED) is 0.620. The number of hydrogen-bond acceptors (Lipinski definition) is 5. The van der Waals surface area contributed by atoms with Crippen LogP contribution in [0.2, 0.25) is 0 Å². The summed E-state index contributed by atoms with van der Waals surface area (Å²) in [7, 11) is 0. The molecule has 0 aliphatic carbocycles. The van der Waals surface area contributed by atoms with E-state index in [0.717, 1.165) is 16.9 Å². The fraction of sp³-hybridized carbons (Fsp3) is 0.136. The molecule has 140 valence electrons. The van der Waals surface area contributed by atoms with E-state index in [-0.39, 0.29) is 18.1 Å². The fourth-order valence-corrected chi connectivity index (χ4v) is 3.79. The highest BCUT2D eigenvalue weighted by molar-refractivity contribution is 7.19. The molecule has 1 N–H and O–H groups in total. The number of nitrogens with zero attached hydrogens (tertiary/aromatic N) is 1. The molecule has 28 heavy (non-hydrogen) atoms. The largest absolute Gasteiger partial charge is 0.462 e. The Morgan fingerprint density at radius 2 is 1.79 bits per heavy atom. The molecule has 0 saturated heterocycles. The summed E-state index contributed by atoms with van der Waals surface area (Å²) < 4.78 is 5.16. The van der Waals surface area contributed by atoms with Crippen LogP contribution >= 0.6 is 11.3 Å². The Hall–Kier alpha value is -3.43. The molecule has 0 fully saturated rings. The van der Waals surface area contributed by atoms with Crippen molar-refractivity contribution in [1.29, 1.82) is 5.26 Å². The molecule has 3 aromatic rings. The van der Waals surface area contributed by atoms with Gasteiger partial charge in [0.1, 0.15) is 15.9 Å². The van der Waals surface area contributed by atoms with Crippen LogP contribution in [0.3, 0.4) is 0 Å². The fourth-order valence-electron chi connectivity index (χ4n) is 2.73. The SMILES string of the molecule is CCOC(=O)c1sc(NC(=O)c2ccc(C)cc2)c(C#N)c1-c1ccccc1. The van der Waals surface area contributed by atoms with Gasteiger partial charge < -0.3 is 10.1 Å². The number of aryl methyl sites for hydroxylation is 1. The standard InChI is InChI=1S/C22H18N2O3S/c1-3-27-22(26)19-18(15-7-5-4-6-8-15)17(13-23)21(28-19)24-20(25)16-11-9-14(2)10-12-16/h4-12H,3H2,1-2H3,(H,24,25). The number of carbonyl (C=O) groups is 2. The number of ether oxygens (including phenoxy) is 1. The number of amides is 1. The van der Waals surface area contributed by atoms with E-state index in [1.165, 1.54) is 0 Å². The molecule has 0 saturated carbocycles. The van der Waals surface area contributed by atoms with Crippen molar-refractivity contribution >= 4 is 28.2 Å². The average molecular weight is 390 g/mol. The second-order valence-electron chi connectivity index (χ2n) is 6.03. The zero-order valence-corrected chi connectivity index (χ0v) is 16.3. The Labute approximate surface area is 167 Å². The Kier molecular flexibility index (Phi) is 5.87. The molecule has 0 unspecified atom stereocenters. The van der Waals surface area contributed by atoms with Gasteiger partial charge >= 0.3 is 5.97 Å². The van der Waals surface area contributed by atoms with Crippen LogP contribution in [0.25, 0.3) is 11.1 Å². The van der Waals surface area contributed by atoms with Crippen LogP contribution in [0.4, 0.5) is 5.00 Å². The van der Waals surface area contributed by atoms with Gasteiger partial charge in [-0.2, -0.15) is 5.26 Å². The first-order valence-corrected chi connectivity index (χ1v) is 9.54. The van der Waals surface area contributed by atoms with Gasteiger partial charge in [-0.15, -0.1) is 11.3 Å². The number of nitrogens with one attached hydrogen (secondary N) is 1. The normalized spacial score (nSPS) is 10.2. The smallest absolute Gasteiger partial charge is 0.349 e. The number of rotatable bonds is 5. The molecule has 2 aromatic carbocycles. The van der Waals surface area contributed by atoms with E-state index in [0.29, 0.717) is 26.6 Å². The van der Waals surface area contributed by atoms with Gasteiger partial charge in [0.2, 0.25) is 0 Å². The zero-order valence-electron chi connectivity index (χ0n) is 15.5. The van der Waals surface area contributed by atoms with Crippen molar-refractivity contribution < 1.29 is 14.3 Å². The second kappa shape index (κ2) is 8.51. The third-order valence-electron chi connectivity index (χ3n) is 4.08. The summed E-state index contributed by atoms with van der Waals surface area (Å²) in [5.41, 5.74) is 2.96. The molecule has 0 bridgehead atoms. The van der Waals surface area contributed by atoms with Crippen molar-refractivity contribution in [3.05, 3.63) is 76.2 Å². The Balaban J connectivity index is 2.06. The maximum Gasteiger partial charge on any atom is 0.349 e. The van der Waals surface area contributed by atoms with Gasteiger partial charge in [-0.05, 0) is 31.5 Å². The Morgan fingerprint density at radius 1 is 1.11 bits per heavy atom. The zero-order chi connectivity index (χ0) is 20.1. The van der Waals surface area contributed by atoms with Crippen LogP contribution in [-0.4, -0.2) is 18.5 Å². The highest BCUT2D eigenvalue weighted by atomic mass is 32.1. The molecule has 3 rings (SSSR count). The van der Waals surface area contributed by atoms with Crippen molar-refractivity contribution in [3.8, 4) is 17.2 Å². The number of hydrogen-bond donors (Lipinski definition) is 1. The van der Waals surface area contributed by atoms with Crippen LogP contribution < -0.4 is 5.32 Å². The van der Waals surface area contributed by atoms with Crippen LogP contribution in [0.5, 0.6) is 0 Å². The van der Waals surface area contributed by atoms with Gasteiger partial charge in [0.05, 0.1) is 12.2 Å². The van der Waals surface area contributed by atoms with Gasteiger partial charge in [0.15, 0.2) is 0 Å². The molecule has 0 radical (unpaired) electrons. The van der Waals surface area contributed by atoms with Gasteiger partial charge in [0, 0.05) is 11.1 Å². The summed E-state index contributed by atoms with van der Waals surface area (Å²) in [4.78, 5) is 25.4. The lowest BCUT2D eigenvalue weighted by Crippen LogP contribution is -2.11. The lowest BCUT2D eigenvalue weighted by molar-refractivity contribution is 0.0532. The third-order valence-corrected chi connectivity index (χ3v) is 5.17. The molecule has 1 aromatic heterocycles. The number of esters is 1. The lowest BCUT2D eigenvalue weighted by Gasteiger charge is -2.05. The summed E-state index contributed by atoms with van der Waals surface area (Å²) in [6.07, 6.45) is 0. The minimum absolute atomic E-state index is 0.220. The van der Waals surface area contributed by atoms with E-state index in [1.807, 2.05) is 49.4 Å². The molecule has 6 heteroatoms. The van der Waals surface area contributed by atoms with Gasteiger partial charge in [-0.25, -0.2) is 4.79 Å². The van der Waals surface area contributed by atoms with Crippen molar-refractivity contribution in [2.75, 3.05) is 11.9 Å². The summed E-state index contributed by atoms with van der Waals surface area (Å²) >= 11 is 1.05. The van der Waals surface area contributed by atoms with Crippen LogP contribution in [0.1, 0.15) is 38.1 Å². The third kappa shape index (κ3) is 3.95. The molecule has 1 heterocycles. The summed E-state index contributed by atoms with van der Waals surface area (Å²) in [5, 5.41) is 12.9. The second-order valence-corrected chi connectivity index (χ2v) is 7.05. The summed E-state index contributed by atoms with van der Waals surface area (Å²) in [5.74, 6) is -0.855. The van der Waals surface area contributed by atoms with E-state index in [2.05, 4.69) is 11.4 Å². The van der Waals surface area contributed by atoms with Crippen LogP contribution in [-0.2, 0) is 4.74 Å². The highest BCUT2D eigenvalue weighted by Gasteiger charge is 2.26. The van der Waals surface area contributed by atoms with Gasteiger partial charge in [-0.3, -0.25) is 4.79 Å². The number of anilines is 1. The van der Waals surface area contributed by atoms with Crippen molar-refractivity contribution in [1.82, 2.24) is 0 Å². The minimum Gasteiger partial charge on any atom is -0.462 e. The Bertz CT molecular complexity index is 1050. The monoisotopic (exact) mass is 390 g/mol. The maximum atomic E-state index is 12.6. The van der Waals surface area contributed by atoms with Gasteiger partial charge in [0.25, 0.3) is 5.91 Å². The van der Waals surface area contributed by atoms with Crippen LogP contribution in [0, 0.1) is 18.3 Å². The van der Waals surface area contributed by atoms with Crippen LogP contribution in [0.15, 0.2) is 54.6 Å². The number of carbonyl (C=O) groups excluding carboxylic acids is 2. The highest BCUT2D eigenvalue weighted by Crippen LogP contribution is 2.40. The number of thiophene rings is 1. The predicted molar refractivity (Wildman–Crippen MR) is 110 cm³/mol. The lowest BCUT2D eigenvalue weighted by atomic mass is 10.0. The summed E-state index contributed by atoms with van der Waals surface area (Å²) in [6.45, 7) is 3.88. The number of nitriles is 1. The maximum absolute atomic E-state index is 12.6. The van der Waals surface area contributed by atoms with E-state index >= 15 is 0 Å². The Morgan fingerprint density at radius 3 is 2.39 bits per heavy atom. The summed E-state index contributed by atoms with van der Waals surface area (Å²) in [6, 6.07) is 18.4. The first-order chi connectivity index (χ1) is 13.5. The van der Waals surface area contributed by atoms with Crippen molar-refractivity contribution in [2.45, 2.75) is 13.8 Å². The first-order valence-electron chi connectivity index (χ1n) is 8.72. The molecular formula is C22H18N2O3S. The van der Waals surface area contributed by atoms with Crippen molar-refractivity contribution in [3.63, 3.8) is 0 Å². The molecule has 5 nitrogen and oxygen atoms in total. The predicted octanol–water partition coefficient (Wildman–Crippen LogP) is 5.02. The molecule has 0 spiro atoms. The molecule has 0 aliphatic rings. The van der Waals surface area contributed by atoms with E-state index < -0.39 is 5.97 Å². The van der Waals surface area contributed by atoms with E-state index in [9.17, 15) is 14.9 Å². The van der Waals surface area contributed by atoms with Crippen molar-refractivity contribution in [2.24, 2.45) is 0 Å².